The number of thiophene rings is 2. The Balaban J connectivity index is 1.49. The minimum atomic E-state index is -0.363. The van der Waals surface area contributed by atoms with Crippen molar-refractivity contribution in [2.75, 3.05) is 0 Å². The van der Waals surface area contributed by atoms with Crippen LogP contribution >= 0.6 is 22.7 Å². The van der Waals surface area contributed by atoms with Crippen LogP contribution in [0.1, 0.15) is 16.5 Å². The van der Waals surface area contributed by atoms with Crippen LogP contribution in [-0.2, 0) is 11.3 Å². The molecule has 27 heavy (non-hydrogen) atoms. The molecule has 1 amide bonds. The molecule has 0 fully saturated rings. The van der Waals surface area contributed by atoms with E-state index in [1.165, 1.54) is 28.3 Å². The molecule has 1 atom stereocenters. The van der Waals surface area contributed by atoms with Gasteiger partial charge in [0.2, 0.25) is 11.7 Å². The molecule has 0 spiro atoms. The highest BCUT2D eigenvalue weighted by molar-refractivity contribution is 7.10. The molecule has 4 aromatic rings. The number of carbonyl (C=O) groups excluding carboxylic acids is 1. The van der Waals surface area contributed by atoms with Crippen molar-refractivity contribution in [2.24, 2.45) is 0 Å². The van der Waals surface area contributed by atoms with E-state index in [-0.39, 0.29) is 24.3 Å². The molecule has 0 bridgehead atoms. The molecule has 0 saturated heterocycles. The second-order valence-electron chi connectivity index (χ2n) is 5.72. The first kappa shape index (κ1) is 17.5. The summed E-state index contributed by atoms with van der Waals surface area (Å²) in [7, 11) is 0. The number of rotatable bonds is 6. The van der Waals surface area contributed by atoms with Gasteiger partial charge in [-0.05, 0) is 45.8 Å². The van der Waals surface area contributed by atoms with Gasteiger partial charge in [-0.3, -0.25) is 4.79 Å². The van der Waals surface area contributed by atoms with Crippen molar-refractivity contribution in [3.63, 3.8) is 0 Å². The Labute approximate surface area is 162 Å². The molecule has 6 nitrogen and oxygen atoms in total. The van der Waals surface area contributed by atoms with Crippen LogP contribution in [0.2, 0.25) is 0 Å². The summed E-state index contributed by atoms with van der Waals surface area (Å²) >= 11 is 3.06. The molecule has 3 aromatic heterocycles. The summed E-state index contributed by atoms with van der Waals surface area (Å²) in [6, 6.07) is 11.5. The Hall–Kier alpha value is -2.91. The summed E-state index contributed by atoms with van der Waals surface area (Å²) in [6.45, 7) is -0.0554. The summed E-state index contributed by atoms with van der Waals surface area (Å²) in [6.07, 6.45) is 0. The monoisotopic (exact) mass is 399 g/mol. The lowest BCUT2D eigenvalue weighted by atomic mass is 10.1. The molecular formula is C18H14FN5OS2. The van der Waals surface area contributed by atoms with Gasteiger partial charge in [-0.15, -0.1) is 21.5 Å². The first-order chi connectivity index (χ1) is 13.2. The van der Waals surface area contributed by atoms with Crippen molar-refractivity contribution in [1.82, 2.24) is 25.5 Å². The van der Waals surface area contributed by atoms with Crippen LogP contribution in [0.15, 0.2) is 58.6 Å². The SMILES string of the molecule is O=C(Cn1nnc(-c2ccsc2)n1)N[C@@H](c1ccc(F)cc1)c1cccs1. The molecule has 0 saturated carbocycles. The molecule has 136 valence electrons. The third-order valence-electron chi connectivity index (χ3n) is 3.85. The Bertz CT molecular complexity index is 1010. The number of nitrogens with zero attached hydrogens (tertiary/aromatic N) is 4. The maximum atomic E-state index is 13.3. The topological polar surface area (TPSA) is 72.7 Å². The predicted molar refractivity (Wildman–Crippen MR) is 102 cm³/mol. The zero-order chi connectivity index (χ0) is 18.6. The van der Waals surface area contributed by atoms with Gasteiger partial charge < -0.3 is 5.32 Å². The van der Waals surface area contributed by atoms with Gasteiger partial charge in [0.15, 0.2) is 0 Å². The average molecular weight is 399 g/mol. The number of benzene rings is 1. The van der Waals surface area contributed by atoms with Crippen molar-refractivity contribution in [3.8, 4) is 11.4 Å². The van der Waals surface area contributed by atoms with Gasteiger partial charge in [0.05, 0.1) is 6.04 Å². The highest BCUT2D eigenvalue weighted by atomic mass is 32.1. The summed E-state index contributed by atoms with van der Waals surface area (Å²) in [5, 5.41) is 20.9. The molecule has 0 unspecified atom stereocenters. The summed E-state index contributed by atoms with van der Waals surface area (Å²) in [5.41, 5.74) is 1.67. The predicted octanol–water partition coefficient (Wildman–Crippen LogP) is 3.51. The van der Waals surface area contributed by atoms with E-state index in [0.29, 0.717) is 5.82 Å². The van der Waals surface area contributed by atoms with Crippen molar-refractivity contribution in [2.45, 2.75) is 12.6 Å². The van der Waals surface area contributed by atoms with Crippen molar-refractivity contribution >= 4 is 28.6 Å². The van der Waals surface area contributed by atoms with E-state index in [0.717, 1.165) is 16.0 Å². The van der Waals surface area contributed by atoms with E-state index in [4.69, 9.17) is 0 Å². The van der Waals surface area contributed by atoms with E-state index in [1.807, 2.05) is 34.3 Å². The second kappa shape index (κ2) is 7.77. The third-order valence-corrected chi connectivity index (χ3v) is 5.47. The van der Waals surface area contributed by atoms with Crippen LogP contribution < -0.4 is 5.32 Å². The number of aromatic nitrogens is 4. The maximum Gasteiger partial charge on any atom is 0.244 e. The number of tetrazole rings is 1. The molecule has 4 rings (SSSR count). The number of halogens is 1. The molecule has 0 aliphatic rings. The largest absolute Gasteiger partial charge is 0.343 e. The highest BCUT2D eigenvalue weighted by Gasteiger charge is 2.19. The first-order valence-corrected chi connectivity index (χ1v) is 9.90. The Morgan fingerprint density at radius 2 is 2.04 bits per heavy atom. The van der Waals surface area contributed by atoms with Crippen LogP contribution in [0.4, 0.5) is 4.39 Å². The minimum Gasteiger partial charge on any atom is -0.343 e. The van der Waals surface area contributed by atoms with E-state index < -0.39 is 0 Å². The van der Waals surface area contributed by atoms with Crippen LogP contribution in [0.25, 0.3) is 11.4 Å². The standard InChI is InChI=1S/C18H14FN5OS2/c19-14-5-3-12(4-6-14)17(15-2-1-8-27-15)20-16(25)10-24-22-18(21-23-24)13-7-9-26-11-13/h1-9,11,17H,10H2,(H,20,25)/t17-/m0/s1. The van der Waals surface area contributed by atoms with Gasteiger partial charge in [-0.25, -0.2) is 4.39 Å². The van der Waals surface area contributed by atoms with Crippen LogP contribution in [0, 0.1) is 5.82 Å². The fourth-order valence-corrected chi connectivity index (χ4v) is 4.02. The Morgan fingerprint density at radius 3 is 2.74 bits per heavy atom. The highest BCUT2D eigenvalue weighted by Crippen LogP contribution is 2.26. The van der Waals surface area contributed by atoms with Crippen LogP contribution in [0.5, 0.6) is 0 Å². The molecule has 0 aliphatic carbocycles. The molecule has 0 aliphatic heterocycles. The number of hydrogen-bond donors (Lipinski definition) is 1. The summed E-state index contributed by atoms with van der Waals surface area (Å²) in [4.78, 5) is 14.8. The van der Waals surface area contributed by atoms with Crippen LogP contribution in [0.3, 0.4) is 0 Å². The Kier molecular flexibility index (Phi) is 5.03. The van der Waals surface area contributed by atoms with Gasteiger partial charge >= 0.3 is 0 Å². The minimum absolute atomic E-state index is 0.0554. The average Bonchev–Trinajstić information content (AvgIpc) is 3.42. The molecule has 9 heteroatoms. The van der Waals surface area contributed by atoms with Crippen molar-refractivity contribution in [1.29, 1.82) is 0 Å². The number of nitrogens with one attached hydrogen (secondary N) is 1. The fourth-order valence-electron chi connectivity index (χ4n) is 2.58. The molecule has 0 radical (unpaired) electrons. The van der Waals surface area contributed by atoms with E-state index in [9.17, 15) is 9.18 Å². The quantitative estimate of drug-likeness (QED) is 0.539. The fraction of sp³-hybridized carbons (Fsp3) is 0.111. The second-order valence-corrected chi connectivity index (χ2v) is 7.48. The zero-order valence-corrected chi connectivity index (χ0v) is 15.6. The van der Waals surface area contributed by atoms with Gasteiger partial charge in [-0.2, -0.15) is 16.1 Å². The molecule has 1 N–H and O–H groups in total. The van der Waals surface area contributed by atoms with Crippen molar-refractivity contribution < 1.29 is 9.18 Å². The number of carbonyl (C=O) groups is 1. The Morgan fingerprint density at radius 1 is 1.19 bits per heavy atom. The van der Waals surface area contributed by atoms with Gasteiger partial charge in [0, 0.05) is 15.8 Å². The van der Waals surface area contributed by atoms with Gasteiger partial charge in [0.25, 0.3) is 0 Å². The van der Waals surface area contributed by atoms with Gasteiger partial charge in [-0.1, -0.05) is 18.2 Å². The number of amides is 1. The van der Waals surface area contributed by atoms with E-state index in [1.54, 1.807) is 23.5 Å². The maximum absolute atomic E-state index is 13.3. The van der Waals surface area contributed by atoms with Crippen molar-refractivity contribution in [3.05, 3.63) is 74.9 Å². The smallest absolute Gasteiger partial charge is 0.244 e. The normalized spacial score (nSPS) is 12.0. The third kappa shape index (κ3) is 4.09. The number of hydrogen-bond acceptors (Lipinski definition) is 6. The first-order valence-electron chi connectivity index (χ1n) is 8.07. The lowest BCUT2D eigenvalue weighted by Crippen LogP contribution is -2.32. The lowest BCUT2D eigenvalue weighted by molar-refractivity contribution is -0.122. The molecule has 3 heterocycles. The van der Waals surface area contributed by atoms with E-state index in [2.05, 4.69) is 20.7 Å². The molecule has 1 aromatic carbocycles. The molecular weight excluding hydrogens is 385 g/mol. The van der Waals surface area contributed by atoms with Crippen LogP contribution in [-0.4, -0.2) is 26.1 Å². The summed E-state index contributed by atoms with van der Waals surface area (Å²) < 4.78 is 13.3. The zero-order valence-electron chi connectivity index (χ0n) is 13.9. The van der Waals surface area contributed by atoms with Gasteiger partial charge in [0.1, 0.15) is 12.4 Å². The van der Waals surface area contributed by atoms with E-state index >= 15 is 0 Å². The summed E-state index contributed by atoms with van der Waals surface area (Å²) in [5.74, 6) is -0.0906. The lowest BCUT2D eigenvalue weighted by Gasteiger charge is -2.18.